The lowest BCUT2D eigenvalue weighted by molar-refractivity contribution is 0.0177. The van der Waals surface area contributed by atoms with Gasteiger partial charge in [-0.25, -0.2) is 0 Å². The summed E-state index contributed by atoms with van der Waals surface area (Å²) < 4.78 is 16.4. The molecule has 2 aliphatic rings. The highest BCUT2D eigenvalue weighted by atomic mass is 32.1. The van der Waals surface area contributed by atoms with E-state index in [0.717, 1.165) is 63.3 Å². The van der Waals surface area contributed by atoms with E-state index in [4.69, 9.17) is 14.2 Å². The molecule has 2 aromatic rings. The van der Waals surface area contributed by atoms with Crippen molar-refractivity contribution in [3.63, 3.8) is 0 Å². The third-order valence-electron chi connectivity index (χ3n) is 5.19. The van der Waals surface area contributed by atoms with Crippen LogP contribution in [0.3, 0.4) is 0 Å². The minimum Gasteiger partial charge on any atom is -0.454 e. The average molecular weight is 417 g/mol. The fourth-order valence-corrected chi connectivity index (χ4v) is 4.48. The summed E-state index contributed by atoms with van der Waals surface area (Å²) in [6.45, 7) is 5.42. The summed E-state index contributed by atoms with van der Waals surface area (Å²) in [4.78, 5) is 8.24. The molecule has 0 saturated carbocycles. The minimum absolute atomic E-state index is 0.308. The van der Waals surface area contributed by atoms with Crippen molar-refractivity contribution >= 4 is 17.3 Å². The fourth-order valence-electron chi connectivity index (χ4n) is 3.62. The molecular formula is C21H28N4O3S. The van der Waals surface area contributed by atoms with Crippen molar-refractivity contribution in [2.24, 2.45) is 4.99 Å². The van der Waals surface area contributed by atoms with Crippen molar-refractivity contribution in [3.8, 4) is 11.5 Å². The first kappa shape index (κ1) is 20.0. The Bertz CT molecular complexity index is 806. The van der Waals surface area contributed by atoms with E-state index in [9.17, 15) is 0 Å². The molecule has 8 heteroatoms. The normalized spacial score (nSPS) is 17.9. The predicted octanol–water partition coefficient (Wildman–Crippen LogP) is 2.26. The smallest absolute Gasteiger partial charge is 0.231 e. The van der Waals surface area contributed by atoms with E-state index in [1.165, 1.54) is 10.4 Å². The Balaban J connectivity index is 1.28. The minimum atomic E-state index is 0.308. The molecule has 3 heterocycles. The second-order valence-corrected chi connectivity index (χ2v) is 7.98. The van der Waals surface area contributed by atoms with Crippen LogP contribution in [-0.2, 0) is 11.2 Å². The molecule has 2 aliphatic heterocycles. The molecule has 2 N–H and O–H groups in total. The molecule has 1 aromatic heterocycles. The number of nitrogens with one attached hydrogen (secondary N) is 2. The van der Waals surface area contributed by atoms with Crippen LogP contribution in [0.2, 0.25) is 0 Å². The molecule has 156 valence electrons. The first-order valence-electron chi connectivity index (χ1n) is 10.0. The summed E-state index contributed by atoms with van der Waals surface area (Å²) in [5.74, 6) is 2.47. The zero-order valence-electron chi connectivity index (χ0n) is 16.7. The Morgan fingerprint density at radius 1 is 1.17 bits per heavy atom. The van der Waals surface area contributed by atoms with Gasteiger partial charge in [-0.3, -0.25) is 9.89 Å². The van der Waals surface area contributed by atoms with Gasteiger partial charge in [-0.2, -0.15) is 0 Å². The van der Waals surface area contributed by atoms with E-state index in [0.29, 0.717) is 12.8 Å². The molecule has 1 unspecified atom stereocenters. The Morgan fingerprint density at radius 2 is 2.03 bits per heavy atom. The number of ether oxygens (including phenoxy) is 3. The van der Waals surface area contributed by atoms with Gasteiger partial charge < -0.3 is 24.8 Å². The van der Waals surface area contributed by atoms with Gasteiger partial charge in [0.15, 0.2) is 17.5 Å². The van der Waals surface area contributed by atoms with Crippen molar-refractivity contribution in [1.29, 1.82) is 0 Å². The summed E-state index contributed by atoms with van der Waals surface area (Å²) in [5.41, 5.74) is 1.21. The van der Waals surface area contributed by atoms with Crippen molar-refractivity contribution in [1.82, 2.24) is 15.5 Å². The number of thiophene rings is 1. The molecule has 1 fully saturated rings. The highest BCUT2D eigenvalue weighted by Crippen LogP contribution is 2.32. The molecule has 1 saturated heterocycles. The third kappa shape index (κ3) is 5.20. The molecule has 0 radical (unpaired) electrons. The van der Waals surface area contributed by atoms with E-state index >= 15 is 0 Å². The Labute approximate surface area is 175 Å². The van der Waals surface area contributed by atoms with Crippen LogP contribution in [0.5, 0.6) is 11.5 Å². The summed E-state index contributed by atoms with van der Waals surface area (Å²) in [5, 5.41) is 9.06. The first-order valence-corrected chi connectivity index (χ1v) is 10.9. The van der Waals surface area contributed by atoms with Crippen molar-refractivity contribution in [2.45, 2.75) is 12.5 Å². The Hall–Kier alpha value is -2.29. The molecule has 1 atom stereocenters. The number of nitrogens with zero attached hydrogens (tertiary/aromatic N) is 2. The quantitative estimate of drug-likeness (QED) is 0.533. The van der Waals surface area contributed by atoms with Crippen LogP contribution in [-0.4, -0.2) is 64.1 Å². The molecule has 0 amide bonds. The summed E-state index contributed by atoms with van der Waals surface area (Å²) in [7, 11) is 1.81. The number of fused-ring (bicyclic) bond motifs is 1. The van der Waals surface area contributed by atoms with Gasteiger partial charge in [0.1, 0.15) is 0 Å². The molecule has 29 heavy (non-hydrogen) atoms. The lowest BCUT2D eigenvalue weighted by atomic mass is 10.1. The van der Waals surface area contributed by atoms with Crippen molar-refractivity contribution < 1.29 is 14.2 Å². The average Bonchev–Trinajstić information content (AvgIpc) is 3.45. The van der Waals surface area contributed by atoms with Crippen LogP contribution >= 0.6 is 11.3 Å². The Kier molecular flexibility index (Phi) is 6.87. The van der Waals surface area contributed by atoms with Crippen LogP contribution in [0, 0.1) is 0 Å². The molecular weight excluding hydrogens is 388 g/mol. The van der Waals surface area contributed by atoms with Crippen LogP contribution in [0.4, 0.5) is 0 Å². The monoisotopic (exact) mass is 416 g/mol. The number of hydrogen-bond acceptors (Lipinski definition) is 6. The zero-order valence-corrected chi connectivity index (χ0v) is 17.5. The van der Waals surface area contributed by atoms with Gasteiger partial charge in [-0.15, -0.1) is 11.3 Å². The topological polar surface area (TPSA) is 67.4 Å². The molecule has 7 nitrogen and oxygen atoms in total. The maximum absolute atomic E-state index is 5.53. The Morgan fingerprint density at radius 3 is 2.83 bits per heavy atom. The van der Waals surface area contributed by atoms with Gasteiger partial charge in [-0.05, 0) is 35.6 Å². The lowest BCUT2D eigenvalue weighted by Gasteiger charge is -2.34. The highest BCUT2D eigenvalue weighted by molar-refractivity contribution is 7.10. The van der Waals surface area contributed by atoms with Gasteiger partial charge in [0.25, 0.3) is 0 Å². The van der Waals surface area contributed by atoms with E-state index in [2.05, 4.69) is 44.1 Å². The molecule has 1 aromatic carbocycles. The molecule has 4 rings (SSSR count). The maximum atomic E-state index is 5.53. The van der Waals surface area contributed by atoms with E-state index in [1.807, 2.05) is 19.2 Å². The van der Waals surface area contributed by atoms with Gasteiger partial charge in [-0.1, -0.05) is 12.1 Å². The lowest BCUT2D eigenvalue weighted by Crippen LogP contribution is -2.46. The van der Waals surface area contributed by atoms with Crippen LogP contribution in [0.15, 0.2) is 40.7 Å². The predicted molar refractivity (Wildman–Crippen MR) is 115 cm³/mol. The standard InChI is InChI=1S/C21H28N4O3S/c1-22-21(23-7-6-16-4-5-18-19(13-16)28-15-27-18)24-14-17(20-3-2-12-29-20)25-8-10-26-11-9-25/h2-5,12-13,17H,6-11,14-15H2,1H3,(H2,22,23,24). The first-order chi connectivity index (χ1) is 14.3. The fraction of sp³-hybridized carbons (Fsp3) is 0.476. The van der Waals surface area contributed by atoms with E-state index < -0.39 is 0 Å². The second kappa shape index (κ2) is 9.96. The number of aliphatic imine (C=N–C) groups is 1. The van der Waals surface area contributed by atoms with Gasteiger partial charge in [0.05, 0.1) is 19.3 Å². The number of guanidine groups is 1. The van der Waals surface area contributed by atoms with Gasteiger partial charge in [0.2, 0.25) is 6.79 Å². The number of morpholine rings is 1. The maximum Gasteiger partial charge on any atom is 0.231 e. The van der Waals surface area contributed by atoms with Crippen molar-refractivity contribution in [2.75, 3.05) is 53.2 Å². The second-order valence-electron chi connectivity index (χ2n) is 7.00. The number of hydrogen-bond donors (Lipinski definition) is 2. The molecule has 0 spiro atoms. The number of rotatable bonds is 7. The zero-order chi connectivity index (χ0) is 19.9. The number of benzene rings is 1. The highest BCUT2D eigenvalue weighted by Gasteiger charge is 2.23. The third-order valence-corrected chi connectivity index (χ3v) is 6.16. The van der Waals surface area contributed by atoms with E-state index in [-0.39, 0.29) is 0 Å². The van der Waals surface area contributed by atoms with E-state index in [1.54, 1.807) is 11.3 Å². The van der Waals surface area contributed by atoms with Crippen LogP contribution in [0.25, 0.3) is 0 Å². The largest absolute Gasteiger partial charge is 0.454 e. The van der Waals surface area contributed by atoms with Gasteiger partial charge in [0, 0.05) is 38.1 Å². The molecule has 0 bridgehead atoms. The summed E-state index contributed by atoms with van der Waals surface area (Å²) in [6, 6.07) is 10.8. The van der Waals surface area contributed by atoms with Gasteiger partial charge >= 0.3 is 0 Å². The molecule has 0 aliphatic carbocycles. The van der Waals surface area contributed by atoms with Crippen LogP contribution in [0.1, 0.15) is 16.5 Å². The summed E-state index contributed by atoms with van der Waals surface area (Å²) >= 11 is 1.80. The SMILES string of the molecule is CN=C(NCCc1ccc2c(c1)OCO2)NCC(c1cccs1)N1CCOCC1. The van der Waals surface area contributed by atoms with Crippen molar-refractivity contribution in [3.05, 3.63) is 46.2 Å². The van der Waals surface area contributed by atoms with Crippen LogP contribution < -0.4 is 20.1 Å². The summed E-state index contributed by atoms with van der Waals surface area (Å²) in [6.07, 6.45) is 0.884.